The van der Waals surface area contributed by atoms with E-state index in [4.69, 9.17) is 23.7 Å². The van der Waals surface area contributed by atoms with Crippen LogP contribution in [0.3, 0.4) is 0 Å². The summed E-state index contributed by atoms with van der Waals surface area (Å²) < 4.78 is 29.7. The molecule has 0 radical (unpaired) electrons. The molecule has 23 heteroatoms. The van der Waals surface area contributed by atoms with E-state index in [2.05, 4.69) is 43.8 Å². The summed E-state index contributed by atoms with van der Waals surface area (Å²) in [5.74, 6) is -3.37. The summed E-state index contributed by atoms with van der Waals surface area (Å²) in [4.78, 5) is 80.6. The molecule has 396 valence electrons. The second-order valence-electron chi connectivity index (χ2n) is 20.1. The number of amides is 3. The number of halogens is 1. The molecule has 3 amide bonds. The number of fused-ring (bicyclic) bond motifs is 7. The number of aliphatic hydroxyl groups excluding tert-OH is 5. The minimum absolute atomic E-state index is 0.0163. The average Bonchev–Trinajstić information content (AvgIpc) is 4.06. The van der Waals surface area contributed by atoms with Crippen molar-refractivity contribution in [3.8, 4) is 5.75 Å². The Labute approximate surface area is 436 Å². The van der Waals surface area contributed by atoms with Gasteiger partial charge in [0.15, 0.2) is 34.7 Å². The van der Waals surface area contributed by atoms with Crippen LogP contribution in [0.4, 0.5) is 15.6 Å². The van der Waals surface area contributed by atoms with Crippen LogP contribution in [-0.4, -0.2) is 138 Å². The molecule has 3 aromatic rings. The van der Waals surface area contributed by atoms with E-state index in [0.717, 1.165) is 22.4 Å². The number of hydrogen-bond acceptors (Lipinski definition) is 18. The SMILES string of the molecule is C[C@]12C=CC(=O)C=C1CC[C@@H]1[C@@H]2[C@@H](O)C[C@@]2(C)[C@H]1C[C@H]1OC(c3ccc(Cc4cnc(NC(=O)OCc5ccc(O[C@@H]6O[C@H](C(=O)O)[C@@H](O)[C@H](O)[C@H]6O)c(NC(=O)CCNC(=O)CBr)c5)s4)cc3)O[C@]12C(=O)CO. The van der Waals surface area contributed by atoms with E-state index >= 15 is 0 Å². The summed E-state index contributed by atoms with van der Waals surface area (Å²) in [5, 5.41) is 70.7. The molecule has 6 aliphatic rings. The fraction of sp³-hybridized carbons (Fsp3) is 0.510. The molecule has 3 heterocycles. The quantitative estimate of drug-likeness (QED) is 0.0930. The molecule has 3 saturated carbocycles. The number of anilines is 2. The maximum Gasteiger partial charge on any atom is 0.413 e. The van der Waals surface area contributed by atoms with Gasteiger partial charge in [-0.2, -0.15) is 0 Å². The molecule has 1 unspecified atom stereocenters. The van der Waals surface area contributed by atoms with Crippen LogP contribution in [0.1, 0.15) is 73.8 Å². The minimum Gasteiger partial charge on any atom is -0.479 e. The lowest BCUT2D eigenvalue weighted by molar-refractivity contribution is -0.271. The first kappa shape index (κ1) is 53.4. The number of carboxylic acids is 1. The predicted octanol–water partition coefficient (Wildman–Crippen LogP) is 3.20. The van der Waals surface area contributed by atoms with Gasteiger partial charge in [-0.3, -0.25) is 24.5 Å². The number of allylic oxidation sites excluding steroid dienone is 4. The number of hydrogen-bond donors (Lipinski definition) is 9. The number of aliphatic hydroxyl groups is 5. The highest BCUT2D eigenvalue weighted by Crippen LogP contribution is 2.70. The number of thiazole rings is 1. The number of nitrogens with one attached hydrogen (secondary N) is 3. The Kier molecular flexibility index (Phi) is 15.3. The van der Waals surface area contributed by atoms with E-state index in [0.29, 0.717) is 30.4 Å². The number of carbonyl (C=O) groups excluding carboxylic acids is 5. The van der Waals surface area contributed by atoms with Gasteiger partial charge in [0.2, 0.25) is 18.1 Å². The largest absolute Gasteiger partial charge is 0.479 e. The summed E-state index contributed by atoms with van der Waals surface area (Å²) >= 11 is 4.24. The standard InChI is InChI=1S/C51H57BrN4O17S/c1-49-13-11-28(58)17-27(49)8-9-30-31-18-36-51(35(60)22-57,50(31,2)19-33(59)39(30)49)73-45(71-36)26-6-3-24(4-7-26)15-29-21-54-47(74-29)56-48(68)69-23-25-5-10-34(32(16-25)55-37(61)12-14-53-38(62)20-52)70-46-42(65)40(63)41(64)43(72-46)44(66)67/h3-7,10-11,13,16-17,21,30-31,33,36,39-43,45-46,57,59,63-65H,8-9,12,14-15,18-20,22-23H2,1-2H3,(H,53,62)(H,55,61)(H,66,67)(H,54,56,68)/t30-,31-,33-,36+,39+,40-,41-,42+,43-,45?,46+,49-,50-,51+/m0/s1. The predicted molar refractivity (Wildman–Crippen MR) is 264 cm³/mol. The van der Waals surface area contributed by atoms with E-state index in [1.165, 1.54) is 29.5 Å². The van der Waals surface area contributed by atoms with E-state index < -0.39 is 96.0 Å². The molecule has 0 spiro atoms. The highest BCUT2D eigenvalue weighted by Gasteiger charge is 2.76. The van der Waals surface area contributed by atoms with Crippen LogP contribution in [0.15, 0.2) is 72.5 Å². The van der Waals surface area contributed by atoms with Crippen LogP contribution < -0.4 is 20.7 Å². The van der Waals surface area contributed by atoms with Gasteiger partial charge >= 0.3 is 12.1 Å². The monoisotopic (exact) mass is 1110 g/mol. The summed E-state index contributed by atoms with van der Waals surface area (Å²) in [6.45, 7) is 3.01. The number of alkyl halides is 1. The summed E-state index contributed by atoms with van der Waals surface area (Å²) in [7, 11) is 0. The topological polar surface area (TPSA) is 319 Å². The first-order chi connectivity index (χ1) is 35.3. The van der Waals surface area contributed by atoms with Crippen molar-refractivity contribution in [2.75, 3.05) is 29.1 Å². The number of ketones is 2. The number of ether oxygens (including phenoxy) is 5. The van der Waals surface area contributed by atoms with Crippen molar-refractivity contribution in [2.24, 2.45) is 28.6 Å². The zero-order valence-corrected chi connectivity index (χ0v) is 42.6. The van der Waals surface area contributed by atoms with Gasteiger partial charge in [-0.05, 0) is 72.9 Å². The molecule has 74 heavy (non-hydrogen) atoms. The lowest BCUT2D eigenvalue weighted by atomic mass is 9.46. The molecule has 1 aromatic heterocycles. The van der Waals surface area contributed by atoms with E-state index in [1.807, 2.05) is 37.3 Å². The highest BCUT2D eigenvalue weighted by molar-refractivity contribution is 9.09. The Balaban J connectivity index is 0.814. The number of carboxylic acid groups (broad SMARTS) is 1. The zero-order chi connectivity index (χ0) is 52.9. The third-order valence-corrected chi connectivity index (χ3v) is 17.1. The third-order valence-electron chi connectivity index (χ3n) is 15.7. The molecule has 5 fully saturated rings. The Morgan fingerprint density at radius 1 is 0.959 bits per heavy atom. The average molecular weight is 1110 g/mol. The van der Waals surface area contributed by atoms with Crippen LogP contribution in [-0.2, 0) is 55.9 Å². The van der Waals surface area contributed by atoms with Crippen molar-refractivity contribution in [2.45, 2.75) is 114 Å². The summed E-state index contributed by atoms with van der Waals surface area (Å²) in [6.07, 6.45) is -3.38. The van der Waals surface area contributed by atoms with Crippen molar-refractivity contribution >= 4 is 73.5 Å². The van der Waals surface area contributed by atoms with Crippen LogP contribution in [0, 0.1) is 28.6 Å². The molecule has 2 saturated heterocycles. The third kappa shape index (κ3) is 9.94. The number of rotatable bonds is 16. The van der Waals surface area contributed by atoms with Gasteiger partial charge in [0, 0.05) is 52.8 Å². The Morgan fingerprint density at radius 2 is 1.72 bits per heavy atom. The second-order valence-corrected chi connectivity index (χ2v) is 21.7. The molecule has 4 aliphatic carbocycles. The summed E-state index contributed by atoms with van der Waals surface area (Å²) in [5.41, 5.74) is 0.120. The lowest BCUT2D eigenvalue weighted by Crippen LogP contribution is -2.63. The molecule has 2 aliphatic heterocycles. The molecular weight excluding hydrogens is 1050 g/mol. The molecule has 21 nitrogen and oxygen atoms in total. The normalized spacial score (nSPS) is 33.8. The van der Waals surface area contributed by atoms with Crippen molar-refractivity contribution in [1.29, 1.82) is 0 Å². The smallest absolute Gasteiger partial charge is 0.413 e. The van der Waals surface area contributed by atoms with Gasteiger partial charge in [0.05, 0.1) is 23.2 Å². The number of nitrogens with zero attached hydrogens (tertiary/aromatic N) is 1. The maximum absolute atomic E-state index is 14.0. The lowest BCUT2D eigenvalue weighted by Gasteiger charge is -2.59. The zero-order valence-electron chi connectivity index (χ0n) is 40.2. The molecule has 9 N–H and O–H groups in total. The fourth-order valence-corrected chi connectivity index (χ4v) is 13.3. The Bertz CT molecular complexity index is 2760. The molecular formula is C51H57BrN4O17S. The first-order valence-corrected chi connectivity index (χ1v) is 26.1. The number of aromatic nitrogens is 1. The number of Topliss-reactive ketones (excluding diaryl/α,β-unsaturated/α-hetero) is 1. The van der Waals surface area contributed by atoms with Crippen molar-refractivity contribution in [1.82, 2.24) is 10.3 Å². The second kappa shape index (κ2) is 21.3. The van der Waals surface area contributed by atoms with Crippen molar-refractivity contribution in [3.05, 3.63) is 94.0 Å². The van der Waals surface area contributed by atoms with Crippen molar-refractivity contribution < 1.29 is 83.1 Å². The molecule has 9 rings (SSSR count). The Morgan fingerprint density at radius 3 is 2.45 bits per heavy atom. The summed E-state index contributed by atoms with van der Waals surface area (Å²) in [6, 6.07) is 11.7. The van der Waals surface area contributed by atoms with Crippen LogP contribution in [0.2, 0.25) is 0 Å². The molecule has 0 bridgehead atoms. The molecule has 14 atom stereocenters. The van der Waals surface area contributed by atoms with Gasteiger partial charge in [0.25, 0.3) is 0 Å². The minimum atomic E-state index is -1.96. The highest BCUT2D eigenvalue weighted by atomic mass is 79.9. The van der Waals surface area contributed by atoms with Crippen LogP contribution in [0.5, 0.6) is 5.75 Å². The maximum atomic E-state index is 14.0. The number of carbonyl (C=O) groups is 6. The van der Waals surface area contributed by atoms with Gasteiger partial charge in [-0.25, -0.2) is 14.6 Å². The van der Waals surface area contributed by atoms with Gasteiger partial charge in [-0.1, -0.05) is 71.8 Å². The van der Waals surface area contributed by atoms with E-state index in [-0.39, 0.29) is 77.3 Å². The van der Waals surface area contributed by atoms with Gasteiger partial charge < -0.3 is 65.0 Å². The number of aliphatic carboxylic acids is 1. The van der Waals surface area contributed by atoms with E-state index in [1.54, 1.807) is 18.3 Å². The molecule has 2 aromatic carbocycles. The van der Waals surface area contributed by atoms with Gasteiger partial charge in [-0.15, -0.1) is 11.3 Å². The van der Waals surface area contributed by atoms with Crippen molar-refractivity contribution in [3.63, 3.8) is 0 Å². The Hall–Kier alpha value is -5.47. The van der Waals surface area contributed by atoms with E-state index in [9.17, 15) is 59.4 Å². The number of benzene rings is 2. The van der Waals surface area contributed by atoms with Crippen LogP contribution in [0.25, 0.3) is 0 Å². The van der Waals surface area contributed by atoms with Crippen LogP contribution >= 0.6 is 27.3 Å². The van der Waals surface area contributed by atoms with Gasteiger partial charge in [0.1, 0.15) is 37.3 Å². The fourth-order valence-electron chi connectivity index (χ4n) is 12.3. The first-order valence-electron chi connectivity index (χ1n) is 24.2.